The van der Waals surface area contributed by atoms with Crippen LogP contribution in [0.25, 0.3) is 39.0 Å². The number of nitrogens with two attached hydrogens (primary N) is 1. The maximum absolute atomic E-state index is 11.9. The second kappa shape index (κ2) is 8.21. The number of ether oxygens (including phenoxy) is 1. The summed E-state index contributed by atoms with van der Waals surface area (Å²) in [4.78, 5) is 23.2. The Morgan fingerprint density at radius 3 is 2.29 bits per heavy atom. The molecule has 0 saturated heterocycles. The molecule has 9 heteroatoms. The molecule has 0 atom stereocenters. The quantitative estimate of drug-likeness (QED) is 0.301. The zero-order valence-corrected chi connectivity index (χ0v) is 17.9. The van der Waals surface area contributed by atoms with Crippen LogP contribution in [0.5, 0.6) is 5.75 Å². The Kier molecular flexibility index (Phi) is 5.06. The Hall–Kier alpha value is -4.92. The molecule has 0 amide bonds. The summed E-state index contributed by atoms with van der Waals surface area (Å²) in [5.74, 6) is -0.979. The highest BCUT2D eigenvalue weighted by atomic mass is 16.5. The number of aromatic carboxylic acids is 1. The third-order valence-electron chi connectivity index (χ3n) is 5.43. The van der Waals surface area contributed by atoms with Gasteiger partial charge in [-0.15, -0.1) is 5.10 Å². The number of fused-ring (bicyclic) bond motifs is 1. The number of nitrogens with zero attached hydrogens (tertiary/aromatic N) is 3. The summed E-state index contributed by atoms with van der Waals surface area (Å²) in [5.41, 5.74) is 9.40. The van der Waals surface area contributed by atoms with Crippen LogP contribution in [-0.2, 0) is 0 Å². The lowest BCUT2D eigenvalue weighted by Gasteiger charge is -2.09. The Morgan fingerprint density at radius 2 is 1.65 bits per heavy atom. The Balaban J connectivity index is 1.52. The highest BCUT2D eigenvalue weighted by molar-refractivity contribution is 5.92. The van der Waals surface area contributed by atoms with Gasteiger partial charge in [-0.25, -0.2) is 14.3 Å². The first-order valence-corrected chi connectivity index (χ1v) is 10.2. The fourth-order valence-electron chi connectivity index (χ4n) is 3.65. The van der Waals surface area contributed by atoms with E-state index in [0.717, 1.165) is 16.7 Å². The number of methoxy groups -OCH3 is 1. The normalized spacial score (nSPS) is 11.0. The highest BCUT2D eigenvalue weighted by Crippen LogP contribution is 2.30. The first-order chi connectivity index (χ1) is 16.4. The van der Waals surface area contributed by atoms with E-state index in [0.29, 0.717) is 28.2 Å². The van der Waals surface area contributed by atoms with Crippen molar-refractivity contribution in [3.63, 3.8) is 0 Å². The molecule has 0 aliphatic heterocycles. The SMILES string of the molecule is COc1cc2oc(=O)c(C(=O)O)cc2cc1-n1cc(-c2ccc(-c3ccc(N)cc3)cc2)nn1. The van der Waals surface area contributed by atoms with Crippen molar-refractivity contribution < 1.29 is 19.1 Å². The summed E-state index contributed by atoms with van der Waals surface area (Å²) in [7, 11) is 1.47. The molecular weight excluding hydrogens is 436 g/mol. The fourth-order valence-corrected chi connectivity index (χ4v) is 3.65. The molecule has 0 spiro atoms. The predicted molar refractivity (Wildman–Crippen MR) is 126 cm³/mol. The summed E-state index contributed by atoms with van der Waals surface area (Å²) in [6, 6.07) is 19.9. The lowest BCUT2D eigenvalue weighted by atomic mass is 10.0. The van der Waals surface area contributed by atoms with Gasteiger partial charge in [-0.3, -0.25) is 0 Å². The van der Waals surface area contributed by atoms with Crippen LogP contribution < -0.4 is 16.1 Å². The van der Waals surface area contributed by atoms with Crippen molar-refractivity contribution in [3.05, 3.63) is 88.9 Å². The van der Waals surface area contributed by atoms with Gasteiger partial charge in [0.2, 0.25) is 0 Å². The maximum atomic E-state index is 11.9. The van der Waals surface area contributed by atoms with Crippen LogP contribution in [0.3, 0.4) is 0 Å². The van der Waals surface area contributed by atoms with Crippen molar-refractivity contribution in [2.45, 2.75) is 0 Å². The number of hydrogen-bond donors (Lipinski definition) is 2. The van der Waals surface area contributed by atoms with Crippen molar-refractivity contribution in [1.82, 2.24) is 15.0 Å². The van der Waals surface area contributed by atoms with Crippen LogP contribution in [0.1, 0.15) is 10.4 Å². The number of hydrogen-bond acceptors (Lipinski definition) is 7. The van der Waals surface area contributed by atoms with Gasteiger partial charge >= 0.3 is 11.6 Å². The van der Waals surface area contributed by atoms with E-state index >= 15 is 0 Å². The molecule has 2 heterocycles. The van der Waals surface area contributed by atoms with Crippen LogP contribution in [0.4, 0.5) is 5.69 Å². The standard InChI is InChI=1S/C25H18N4O5/c1-33-23-12-22-17(10-19(24(30)31)25(32)34-22)11-21(23)29-13-20(27-28-29)16-4-2-14(3-5-16)15-6-8-18(26)9-7-15/h2-13H,26H2,1H3,(H,30,31). The van der Waals surface area contributed by atoms with Crippen molar-refractivity contribution in [2.24, 2.45) is 0 Å². The van der Waals surface area contributed by atoms with Crippen molar-refractivity contribution >= 4 is 22.6 Å². The van der Waals surface area contributed by atoms with Gasteiger partial charge < -0.3 is 20.0 Å². The number of carboxylic acids is 1. The average molecular weight is 454 g/mol. The molecule has 3 aromatic carbocycles. The molecule has 0 bridgehead atoms. The third-order valence-corrected chi connectivity index (χ3v) is 5.43. The van der Waals surface area contributed by atoms with Crippen molar-refractivity contribution in [2.75, 3.05) is 12.8 Å². The molecular formula is C25H18N4O5. The molecule has 5 rings (SSSR count). The van der Waals surface area contributed by atoms with Gasteiger partial charge in [0.05, 0.1) is 13.3 Å². The lowest BCUT2D eigenvalue weighted by molar-refractivity contribution is 0.0692. The summed E-state index contributed by atoms with van der Waals surface area (Å²) in [5, 5.41) is 18.1. The van der Waals surface area contributed by atoms with E-state index in [1.807, 2.05) is 48.5 Å². The van der Waals surface area contributed by atoms with Gasteiger partial charge in [0, 0.05) is 22.7 Å². The number of nitrogen functional groups attached to an aromatic ring is 1. The van der Waals surface area contributed by atoms with E-state index in [9.17, 15) is 14.7 Å². The molecule has 2 aromatic heterocycles. The van der Waals surface area contributed by atoms with E-state index in [4.69, 9.17) is 14.9 Å². The molecule has 0 fully saturated rings. The second-order valence-electron chi connectivity index (χ2n) is 7.56. The molecule has 0 unspecified atom stereocenters. The maximum Gasteiger partial charge on any atom is 0.351 e. The smallest absolute Gasteiger partial charge is 0.351 e. The minimum absolute atomic E-state index is 0.203. The van der Waals surface area contributed by atoms with E-state index < -0.39 is 17.2 Å². The topological polar surface area (TPSA) is 133 Å². The molecule has 0 aliphatic rings. The molecule has 34 heavy (non-hydrogen) atoms. The van der Waals surface area contributed by atoms with Gasteiger partial charge in [-0.05, 0) is 35.4 Å². The molecule has 0 aliphatic carbocycles. The Labute approximate surface area is 192 Å². The molecule has 0 saturated carbocycles. The number of aromatic nitrogens is 3. The minimum atomic E-state index is -1.36. The molecule has 5 aromatic rings. The number of benzene rings is 3. The van der Waals surface area contributed by atoms with Gasteiger partial charge in [-0.2, -0.15) is 0 Å². The van der Waals surface area contributed by atoms with Gasteiger partial charge in [-0.1, -0.05) is 41.6 Å². The van der Waals surface area contributed by atoms with E-state index in [2.05, 4.69) is 10.3 Å². The summed E-state index contributed by atoms with van der Waals surface area (Å²) >= 11 is 0. The number of carboxylic acid groups (broad SMARTS) is 1. The van der Waals surface area contributed by atoms with E-state index in [1.54, 1.807) is 12.3 Å². The van der Waals surface area contributed by atoms with Crippen LogP contribution in [-0.4, -0.2) is 33.2 Å². The number of rotatable bonds is 5. The zero-order valence-electron chi connectivity index (χ0n) is 17.9. The number of carbonyl (C=O) groups is 1. The molecule has 0 radical (unpaired) electrons. The lowest BCUT2D eigenvalue weighted by Crippen LogP contribution is -2.13. The van der Waals surface area contributed by atoms with Crippen LogP contribution in [0.15, 0.2) is 82.1 Å². The summed E-state index contributed by atoms with van der Waals surface area (Å²) in [6.45, 7) is 0. The zero-order chi connectivity index (χ0) is 23.8. The predicted octanol–water partition coefficient (Wildman–Crippen LogP) is 4.00. The van der Waals surface area contributed by atoms with E-state index in [-0.39, 0.29) is 5.58 Å². The Bertz CT molecular complexity index is 1590. The summed E-state index contributed by atoms with van der Waals surface area (Å²) in [6.07, 6.45) is 1.74. The van der Waals surface area contributed by atoms with Crippen molar-refractivity contribution in [3.8, 4) is 33.8 Å². The monoisotopic (exact) mass is 454 g/mol. The van der Waals surface area contributed by atoms with Gasteiger partial charge in [0.25, 0.3) is 0 Å². The average Bonchev–Trinajstić information content (AvgIpc) is 3.33. The number of anilines is 1. The molecule has 168 valence electrons. The van der Waals surface area contributed by atoms with E-state index in [1.165, 1.54) is 23.9 Å². The van der Waals surface area contributed by atoms with Crippen LogP contribution in [0, 0.1) is 0 Å². The van der Waals surface area contributed by atoms with Crippen LogP contribution in [0.2, 0.25) is 0 Å². The molecule has 9 nitrogen and oxygen atoms in total. The van der Waals surface area contributed by atoms with Crippen LogP contribution >= 0.6 is 0 Å². The first-order valence-electron chi connectivity index (χ1n) is 10.2. The second-order valence-corrected chi connectivity index (χ2v) is 7.56. The third kappa shape index (κ3) is 3.75. The van der Waals surface area contributed by atoms with Crippen molar-refractivity contribution in [1.29, 1.82) is 0 Å². The fraction of sp³-hybridized carbons (Fsp3) is 0.0400. The minimum Gasteiger partial charge on any atom is -0.494 e. The van der Waals surface area contributed by atoms with Gasteiger partial charge in [0.1, 0.15) is 28.3 Å². The highest BCUT2D eigenvalue weighted by Gasteiger charge is 2.16. The molecule has 3 N–H and O–H groups in total. The van der Waals surface area contributed by atoms with Gasteiger partial charge in [0.15, 0.2) is 0 Å². The summed E-state index contributed by atoms with van der Waals surface area (Å²) < 4.78 is 12.1. The largest absolute Gasteiger partial charge is 0.494 e. The Morgan fingerprint density at radius 1 is 1.00 bits per heavy atom. The first kappa shape index (κ1) is 21.0.